The van der Waals surface area contributed by atoms with Crippen LogP contribution in [0.4, 0.5) is 5.69 Å². The monoisotopic (exact) mass is 397 g/mol. The van der Waals surface area contributed by atoms with Gasteiger partial charge in [-0.25, -0.2) is 0 Å². The summed E-state index contributed by atoms with van der Waals surface area (Å²) in [6.07, 6.45) is 1.77. The molecule has 0 aromatic heterocycles. The number of hydrogen-bond acceptors (Lipinski definition) is 4. The van der Waals surface area contributed by atoms with E-state index in [4.69, 9.17) is 14.2 Å². The summed E-state index contributed by atoms with van der Waals surface area (Å²) in [6.45, 7) is 0. The molecule has 4 nitrogen and oxygen atoms in total. The number of halogens is 1. The first-order valence-corrected chi connectivity index (χ1v) is 7.35. The normalized spacial score (nSPS) is 10.7. The van der Waals surface area contributed by atoms with E-state index in [1.54, 1.807) is 27.5 Å². The van der Waals surface area contributed by atoms with Crippen molar-refractivity contribution in [3.63, 3.8) is 0 Å². The molecule has 2 aromatic rings. The Morgan fingerprint density at radius 2 is 1.48 bits per heavy atom. The summed E-state index contributed by atoms with van der Waals surface area (Å²) in [5.41, 5.74) is 1.77. The van der Waals surface area contributed by atoms with Crippen LogP contribution in [-0.4, -0.2) is 27.5 Å². The summed E-state index contributed by atoms with van der Waals surface area (Å²) in [4.78, 5) is 4.44. The van der Waals surface area contributed by atoms with E-state index in [0.29, 0.717) is 17.2 Å². The Morgan fingerprint density at radius 1 is 0.905 bits per heavy atom. The van der Waals surface area contributed by atoms with Crippen molar-refractivity contribution >= 4 is 34.5 Å². The van der Waals surface area contributed by atoms with Crippen molar-refractivity contribution in [3.05, 3.63) is 45.5 Å². The molecule has 0 amide bonds. The first-order chi connectivity index (χ1) is 10.2. The fourth-order valence-electron chi connectivity index (χ4n) is 1.85. The zero-order valence-corrected chi connectivity index (χ0v) is 14.2. The van der Waals surface area contributed by atoms with Gasteiger partial charge in [0.1, 0.15) is 0 Å². The largest absolute Gasteiger partial charge is 0.493 e. The lowest BCUT2D eigenvalue weighted by atomic mass is 10.2. The number of rotatable bonds is 5. The van der Waals surface area contributed by atoms with E-state index >= 15 is 0 Å². The highest BCUT2D eigenvalue weighted by Gasteiger charge is 2.12. The number of ether oxygens (including phenoxy) is 3. The zero-order chi connectivity index (χ0) is 15.2. The average molecular weight is 397 g/mol. The summed E-state index contributed by atoms with van der Waals surface area (Å²) < 4.78 is 17.1. The molecule has 0 radical (unpaired) electrons. The fraction of sp³-hybridized carbons (Fsp3) is 0.188. The maximum atomic E-state index is 5.32. The van der Waals surface area contributed by atoms with Crippen LogP contribution in [0.25, 0.3) is 0 Å². The molecule has 0 saturated carbocycles. The molecule has 110 valence electrons. The highest BCUT2D eigenvalue weighted by atomic mass is 127. The standard InChI is InChI=1S/C16H16INO3/c1-19-14-8-11(9-15(20-2)16(14)21-3)10-18-13-6-4-12(17)5-7-13/h4-10H,1-3H3. The molecule has 2 rings (SSSR count). The lowest BCUT2D eigenvalue weighted by molar-refractivity contribution is 0.324. The number of nitrogens with zero attached hydrogens (tertiary/aromatic N) is 1. The molecule has 21 heavy (non-hydrogen) atoms. The molecule has 0 N–H and O–H groups in total. The summed E-state index contributed by atoms with van der Waals surface area (Å²) in [6, 6.07) is 11.7. The third-order valence-electron chi connectivity index (χ3n) is 2.88. The summed E-state index contributed by atoms with van der Waals surface area (Å²) in [5, 5.41) is 0. The topological polar surface area (TPSA) is 40.0 Å². The van der Waals surface area contributed by atoms with Gasteiger partial charge >= 0.3 is 0 Å². The van der Waals surface area contributed by atoms with Crippen molar-refractivity contribution < 1.29 is 14.2 Å². The predicted molar refractivity (Wildman–Crippen MR) is 92.5 cm³/mol. The minimum atomic E-state index is 0.575. The lowest BCUT2D eigenvalue weighted by Gasteiger charge is -2.12. The second-order valence-electron chi connectivity index (χ2n) is 4.19. The SMILES string of the molecule is COc1cc(C=Nc2ccc(I)cc2)cc(OC)c1OC. The molecule has 5 heteroatoms. The van der Waals surface area contributed by atoms with Crippen molar-refractivity contribution in [1.29, 1.82) is 0 Å². The van der Waals surface area contributed by atoms with E-state index < -0.39 is 0 Å². The van der Waals surface area contributed by atoms with E-state index in [1.165, 1.54) is 3.57 Å². The van der Waals surface area contributed by atoms with Gasteiger partial charge in [-0.3, -0.25) is 4.99 Å². The van der Waals surface area contributed by atoms with Gasteiger partial charge in [0.25, 0.3) is 0 Å². The molecular weight excluding hydrogens is 381 g/mol. The molecule has 0 aliphatic rings. The van der Waals surface area contributed by atoms with Crippen LogP contribution >= 0.6 is 22.6 Å². The van der Waals surface area contributed by atoms with Gasteiger partial charge in [0, 0.05) is 15.3 Å². The van der Waals surface area contributed by atoms with Crippen molar-refractivity contribution in [2.75, 3.05) is 21.3 Å². The molecule has 0 fully saturated rings. The molecule has 0 heterocycles. The molecule has 0 unspecified atom stereocenters. The highest BCUT2D eigenvalue weighted by molar-refractivity contribution is 14.1. The van der Waals surface area contributed by atoms with Crippen LogP contribution < -0.4 is 14.2 Å². The Labute approximate surface area is 137 Å². The Morgan fingerprint density at radius 3 is 1.95 bits per heavy atom. The molecule has 0 spiro atoms. The van der Waals surface area contributed by atoms with Gasteiger partial charge in [-0.15, -0.1) is 0 Å². The van der Waals surface area contributed by atoms with Crippen LogP contribution in [0.3, 0.4) is 0 Å². The van der Waals surface area contributed by atoms with E-state index in [1.807, 2.05) is 36.4 Å². The zero-order valence-electron chi connectivity index (χ0n) is 12.1. The van der Waals surface area contributed by atoms with Crippen LogP contribution in [0.15, 0.2) is 41.4 Å². The molecule has 0 saturated heterocycles. The Balaban J connectivity index is 2.33. The summed E-state index contributed by atoms with van der Waals surface area (Å²) in [7, 11) is 4.77. The van der Waals surface area contributed by atoms with Crippen LogP contribution in [0.5, 0.6) is 17.2 Å². The maximum absolute atomic E-state index is 5.32. The first kappa shape index (κ1) is 15.6. The van der Waals surface area contributed by atoms with Crippen LogP contribution in [0, 0.1) is 3.57 Å². The molecular formula is C16H16INO3. The fourth-order valence-corrected chi connectivity index (χ4v) is 2.21. The van der Waals surface area contributed by atoms with Crippen LogP contribution in [-0.2, 0) is 0 Å². The predicted octanol–water partition coefficient (Wildman–Crippen LogP) is 4.07. The third-order valence-corrected chi connectivity index (χ3v) is 3.60. The minimum Gasteiger partial charge on any atom is -0.493 e. The second kappa shape index (κ2) is 7.31. The number of benzene rings is 2. The smallest absolute Gasteiger partial charge is 0.203 e. The quantitative estimate of drug-likeness (QED) is 0.564. The number of hydrogen-bond donors (Lipinski definition) is 0. The van der Waals surface area contributed by atoms with Gasteiger partial charge in [-0.2, -0.15) is 0 Å². The third kappa shape index (κ3) is 3.87. The summed E-state index contributed by atoms with van der Waals surface area (Å²) in [5.74, 6) is 1.80. The summed E-state index contributed by atoms with van der Waals surface area (Å²) >= 11 is 2.26. The van der Waals surface area contributed by atoms with Gasteiger partial charge < -0.3 is 14.2 Å². The Kier molecular flexibility index (Phi) is 5.44. The number of methoxy groups -OCH3 is 3. The van der Waals surface area contributed by atoms with Gasteiger partial charge in [-0.1, -0.05) is 0 Å². The molecule has 0 bridgehead atoms. The average Bonchev–Trinajstić information content (AvgIpc) is 2.53. The molecule has 0 aliphatic carbocycles. The van der Waals surface area contributed by atoms with Crippen molar-refractivity contribution in [2.45, 2.75) is 0 Å². The van der Waals surface area contributed by atoms with Gasteiger partial charge in [0.05, 0.1) is 27.0 Å². The van der Waals surface area contributed by atoms with Crippen LogP contribution in [0.2, 0.25) is 0 Å². The molecule has 0 aliphatic heterocycles. The highest BCUT2D eigenvalue weighted by Crippen LogP contribution is 2.37. The molecule has 0 atom stereocenters. The maximum Gasteiger partial charge on any atom is 0.203 e. The van der Waals surface area contributed by atoms with E-state index in [-0.39, 0.29) is 0 Å². The first-order valence-electron chi connectivity index (χ1n) is 6.27. The number of aliphatic imine (C=N–C) groups is 1. The van der Waals surface area contributed by atoms with Crippen molar-refractivity contribution in [2.24, 2.45) is 4.99 Å². The Bertz CT molecular complexity index is 613. The van der Waals surface area contributed by atoms with E-state index in [2.05, 4.69) is 27.6 Å². The lowest BCUT2D eigenvalue weighted by Crippen LogP contribution is -1.96. The van der Waals surface area contributed by atoms with Gasteiger partial charge in [0.15, 0.2) is 11.5 Å². The Hall–Kier alpha value is -1.76. The van der Waals surface area contributed by atoms with E-state index in [9.17, 15) is 0 Å². The van der Waals surface area contributed by atoms with Gasteiger partial charge in [-0.05, 0) is 59.0 Å². The van der Waals surface area contributed by atoms with Crippen LogP contribution in [0.1, 0.15) is 5.56 Å². The minimum absolute atomic E-state index is 0.575. The van der Waals surface area contributed by atoms with E-state index in [0.717, 1.165) is 11.3 Å². The second-order valence-corrected chi connectivity index (χ2v) is 5.44. The van der Waals surface area contributed by atoms with Gasteiger partial charge in [0.2, 0.25) is 5.75 Å². The van der Waals surface area contributed by atoms with Crippen molar-refractivity contribution in [1.82, 2.24) is 0 Å². The molecule has 2 aromatic carbocycles. The van der Waals surface area contributed by atoms with Crippen molar-refractivity contribution in [3.8, 4) is 17.2 Å².